The van der Waals surface area contributed by atoms with Crippen LogP contribution < -0.4 is 5.48 Å². The van der Waals surface area contributed by atoms with E-state index >= 15 is 0 Å². The summed E-state index contributed by atoms with van der Waals surface area (Å²) in [6.07, 6.45) is 3.29. The highest BCUT2D eigenvalue weighted by Gasteiger charge is 2.13. The van der Waals surface area contributed by atoms with E-state index in [9.17, 15) is 14.9 Å². The molecule has 0 aliphatic carbocycles. The summed E-state index contributed by atoms with van der Waals surface area (Å²) in [6, 6.07) is 0. The third-order valence-corrected chi connectivity index (χ3v) is 1.78. The molecule has 1 aromatic rings. The molecule has 0 saturated carbocycles. The molecule has 0 bridgehead atoms. The van der Waals surface area contributed by atoms with Crippen molar-refractivity contribution in [2.24, 2.45) is 0 Å². The highest BCUT2D eigenvalue weighted by Crippen LogP contribution is 2.08. The van der Waals surface area contributed by atoms with Gasteiger partial charge in [-0.1, -0.05) is 4.98 Å². The fourth-order valence-corrected chi connectivity index (χ4v) is 1.11. The van der Waals surface area contributed by atoms with Crippen LogP contribution in [0, 0.1) is 10.1 Å². The van der Waals surface area contributed by atoms with Crippen LogP contribution in [-0.4, -0.2) is 25.6 Å². The van der Waals surface area contributed by atoms with Crippen molar-refractivity contribution >= 4 is 11.9 Å². The highest BCUT2D eigenvalue weighted by molar-refractivity contribution is 5.74. The maximum Gasteiger partial charge on any atom is 0.434 e. The van der Waals surface area contributed by atoms with Gasteiger partial charge in [0.2, 0.25) is 5.91 Å². The molecule has 1 rings (SSSR count). The number of nitrogens with one attached hydrogen (secondary N) is 1. The Morgan fingerprint density at radius 1 is 1.73 bits per heavy atom. The van der Waals surface area contributed by atoms with Crippen molar-refractivity contribution in [1.29, 1.82) is 0 Å². The second kappa shape index (κ2) is 5.05. The van der Waals surface area contributed by atoms with Gasteiger partial charge in [0.05, 0.1) is 6.54 Å². The fourth-order valence-electron chi connectivity index (χ4n) is 1.11. The number of imidazole rings is 1. The number of carbonyl (C=O) groups excluding carboxylic acids is 1. The number of rotatable bonds is 5. The average Bonchev–Trinajstić information content (AvgIpc) is 2.65. The van der Waals surface area contributed by atoms with E-state index in [-0.39, 0.29) is 12.4 Å². The van der Waals surface area contributed by atoms with Gasteiger partial charge in [-0.3, -0.25) is 10.0 Å². The smallest absolute Gasteiger partial charge is 0.390 e. The molecule has 0 saturated heterocycles. The molecule has 0 spiro atoms. The molecule has 0 aliphatic rings. The number of nitro groups is 1. The Bertz CT molecular complexity index is 362. The Balaban J connectivity index is 2.47. The van der Waals surface area contributed by atoms with Crippen LogP contribution >= 0.6 is 0 Å². The molecule has 1 aromatic heterocycles. The van der Waals surface area contributed by atoms with Crippen LogP contribution in [0.2, 0.25) is 0 Å². The second-order valence-corrected chi connectivity index (χ2v) is 2.82. The van der Waals surface area contributed by atoms with Crippen molar-refractivity contribution in [3.8, 4) is 0 Å². The number of aromatic nitrogens is 2. The van der Waals surface area contributed by atoms with Gasteiger partial charge in [-0.2, -0.15) is 0 Å². The number of carbonyl (C=O) groups is 1. The molecule has 15 heavy (non-hydrogen) atoms. The molecule has 8 nitrogen and oxygen atoms in total. The third-order valence-electron chi connectivity index (χ3n) is 1.78. The van der Waals surface area contributed by atoms with Gasteiger partial charge in [0.1, 0.15) is 12.4 Å². The van der Waals surface area contributed by atoms with Crippen LogP contribution in [0.15, 0.2) is 12.4 Å². The molecule has 0 atom stereocenters. The number of nitrogens with zero attached hydrogens (tertiary/aromatic N) is 3. The number of hydrogen-bond donors (Lipinski definition) is 2. The van der Waals surface area contributed by atoms with E-state index in [4.69, 9.17) is 5.21 Å². The Labute approximate surface area is 84.6 Å². The predicted octanol–water partition coefficient (Wildman–Crippen LogP) is 0.0769. The van der Waals surface area contributed by atoms with Crippen molar-refractivity contribution in [3.63, 3.8) is 0 Å². The van der Waals surface area contributed by atoms with Crippen LogP contribution in [0.3, 0.4) is 0 Å². The van der Waals surface area contributed by atoms with Gasteiger partial charge in [0, 0.05) is 6.42 Å². The Kier molecular flexibility index (Phi) is 3.75. The zero-order chi connectivity index (χ0) is 11.3. The number of hydroxylamine groups is 1. The molecule has 0 fully saturated rings. The number of hydrogen-bond acceptors (Lipinski definition) is 5. The van der Waals surface area contributed by atoms with Crippen LogP contribution in [0.5, 0.6) is 0 Å². The van der Waals surface area contributed by atoms with E-state index in [1.165, 1.54) is 22.4 Å². The SMILES string of the molecule is O=C(CCCn1ccnc1[N+](=O)[O-])NO. The van der Waals surface area contributed by atoms with Gasteiger partial charge < -0.3 is 10.1 Å². The first-order valence-corrected chi connectivity index (χ1v) is 4.23. The van der Waals surface area contributed by atoms with Crippen molar-refractivity contribution in [1.82, 2.24) is 15.0 Å². The van der Waals surface area contributed by atoms with E-state index < -0.39 is 10.8 Å². The maximum atomic E-state index is 10.6. The molecule has 0 aromatic carbocycles. The molecule has 1 amide bonds. The molecule has 0 aliphatic heterocycles. The van der Waals surface area contributed by atoms with E-state index in [1.807, 2.05) is 0 Å². The third kappa shape index (κ3) is 3.02. The van der Waals surface area contributed by atoms with Gasteiger partial charge >= 0.3 is 5.95 Å². The Hall–Kier alpha value is -1.96. The number of aryl methyl sites for hydroxylation is 1. The van der Waals surface area contributed by atoms with Crippen molar-refractivity contribution in [2.75, 3.05) is 0 Å². The van der Waals surface area contributed by atoms with Crippen molar-refractivity contribution in [3.05, 3.63) is 22.5 Å². The lowest BCUT2D eigenvalue weighted by atomic mass is 10.3. The van der Waals surface area contributed by atoms with Gasteiger partial charge in [-0.05, 0) is 11.3 Å². The Morgan fingerprint density at radius 3 is 3.07 bits per heavy atom. The molecular formula is C7H10N4O4. The summed E-state index contributed by atoms with van der Waals surface area (Å²) in [5, 5.41) is 18.6. The lowest BCUT2D eigenvalue weighted by Gasteiger charge is -2.00. The quantitative estimate of drug-likeness (QED) is 0.409. The van der Waals surface area contributed by atoms with E-state index in [2.05, 4.69) is 4.98 Å². The van der Waals surface area contributed by atoms with Crippen LogP contribution in [-0.2, 0) is 11.3 Å². The average molecular weight is 214 g/mol. The first-order chi connectivity index (χ1) is 7.15. The maximum absolute atomic E-state index is 10.6. The molecule has 82 valence electrons. The zero-order valence-corrected chi connectivity index (χ0v) is 7.79. The summed E-state index contributed by atoms with van der Waals surface area (Å²) in [7, 11) is 0. The zero-order valence-electron chi connectivity index (χ0n) is 7.79. The predicted molar refractivity (Wildman–Crippen MR) is 48.0 cm³/mol. The molecule has 1 heterocycles. The monoisotopic (exact) mass is 214 g/mol. The number of amides is 1. The Morgan fingerprint density at radius 2 is 2.47 bits per heavy atom. The minimum Gasteiger partial charge on any atom is -0.390 e. The molecule has 2 N–H and O–H groups in total. The van der Waals surface area contributed by atoms with Crippen molar-refractivity contribution in [2.45, 2.75) is 19.4 Å². The largest absolute Gasteiger partial charge is 0.434 e. The standard InChI is InChI=1S/C7H10N4O4/c12-6(9-13)2-1-4-10-5-3-8-7(10)11(14)15/h3,5,13H,1-2,4H2,(H,9,12). The summed E-state index contributed by atoms with van der Waals surface area (Å²) in [5.41, 5.74) is 1.48. The summed E-state index contributed by atoms with van der Waals surface area (Å²) in [5.74, 6) is -0.767. The topological polar surface area (TPSA) is 110 Å². The van der Waals surface area contributed by atoms with Crippen LogP contribution in [0.1, 0.15) is 12.8 Å². The van der Waals surface area contributed by atoms with Gasteiger partial charge in [0.25, 0.3) is 0 Å². The van der Waals surface area contributed by atoms with Crippen LogP contribution in [0.4, 0.5) is 5.95 Å². The lowest BCUT2D eigenvalue weighted by Crippen LogP contribution is -2.18. The first kappa shape index (κ1) is 11.1. The first-order valence-electron chi connectivity index (χ1n) is 4.23. The minimum atomic E-state index is -0.591. The van der Waals surface area contributed by atoms with Gasteiger partial charge in [0.15, 0.2) is 0 Å². The summed E-state index contributed by atoms with van der Waals surface area (Å²) in [6.45, 7) is 0.309. The molecular weight excluding hydrogens is 204 g/mol. The summed E-state index contributed by atoms with van der Waals surface area (Å²) in [4.78, 5) is 24.0. The van der Waals surface area contributed by atoms with Crippen molar-refractivity contribution < 1.29 is 14.9 Å². The van der Waals surface area contributed by atoms with E-state index in [0.29, 0.717) is 13.0 Å². The second-order valence-electron chi connectivity index (χ2n) is 2.82. The normalized spacial score (nSPS) is 9.93. The lowest BCUT2D eigenvalue weighted by molar-refractivity contribution is -0.396. The van der Waals surface area contributed by atoms with Crippen LogP contribution in [0.25, 0.3) is 0 Å². The summed E-state index contributed by atoms with van der Waals surface area (Å²) >= 11 is 0. The van der Waals surface area contributed by atoms with Gasteiger partial charge in [-0.25, -0.2) is 10.0 Å². The molecule has 0 unspecified atom stereocenters. The summed E-state index contributed by atoms with van der Waals surface area (Å²) < 4.78 is 1.34. The minimum absolute atomic E-state index is 0.103. The highest BCUT2D eigenvalue weighted by atomic mass is 16.6. The fraction of sp³-hybridized carbons (Fsp3) is 0.429. The van der Waals surface area contributed by atoms with E-state index in [0.717, 1.165) is 0 Å². The molecule has 8 heteroatoms. The van der Waals surface area contributed by atoms with E-state index in [1.54, 1.807) is 0 Å². The molecule has 0 radical (unpaired) electrons. The van der Waals surface area contributed by atoms with Gasteiger partial charge in [-0.15, -0.1) is 0 Å².